The van der Waals surface area contributed by atoms with Gasteiger partial charge in [-0.25, -0.2) is 43.2 Å². The van der Waals surface area contributed by atoms with Gasteiger partial charge in [0.05, 0.1) is 18.3 Å². The largest absolute Gasteiger partial charge is 0.508 e. The maximum Gasteiger partial charge on any atom is 0.348 e. The first-order chi connectivity index (χ1) is 52.1. The second-order valence-corrected chi connectivity index (χ2v) is 25.3. The highest BCUT2D eigenvalue weighted by Gasteiger charge is 2.56. The molecule has 35 heteroatoms. The van der Waals surface area contributed by atoms with Gasteiger partial charge in [-0.2, -0.15) is 0 Å². The molecule has 0 aromatic heterocycles. The molecule has 614 valence electrons. The van der Waals surface area contributed by atoms with Crippen LogP contribution in [0.25, 0.3) is 36.5 Å². The van der Waals surface area contributed by atoms with Crippen LogP contribution in [0.5, 0.6) is 63.2 Å². The average molecular weight is 1570 g/mol. The zero-order valence-corrected chi connectivity index (χ0v) is 57.8. The van der Waals surface area contributed by atoms with Crippen molar-refractivity contribution < 1.29 is 192 Å². The minimum absolute atomic E-state index is 0. The fourth-order valence-electron chi connectivity index (χ4n) is 11.1. The number of carbonyl (C=O) groups excluding carboxylic acids is 6. The molecule has 3 aliphatic rings. The number of carboxylic acid groups (broad SMARTS) is 3. The standard InChI is InChI=1S/C26H26O11.2C25H24O12.13H2/c1-14-10-15(2-6-17(14)27)4-8-22(30)36-20-12-26(35,25(33)34)13-21(24(20)32)37-23(31)9-5-16-3-7-18(28)19(29)11-16;26-15-5-1-13(9-17(15)28)3-7-21(31)36-20-12-25(35,24(33)34)11-19(30)23(20)37-22(32)8-4-14-2-6-16(27)18(29)10-14;26-15-5-1-13(9-17(15)28)3-7-21(32)36-23-19(30)11-25(24(34)35,12-20(23)31)37-22(33)8-4-14-2-6-16(27)18(29)10-14;;;;;;;;;;;;;/h2-11,20-21,24,27-29,32,35H,12-13H2,1H3,(H,33,34);1-10,19-20,23,26-30,35H,11-12H2,(H,33,34);1-10,19-20,23,26-31H,11-12H2,(H,34,35);13*1H/b8-4+,9-5+;2*7-3+,8-4+;;;;;;;;;;;;;/t20-,21-,24?,26?;19-,20-,23-,25+;19-,20-,23?,25?;;;;;;;;;;;;;/m111............./s1. The quantitative estimate of drug-likeness (QED) is 0.0151. The van der Waals surface area contributed by atoms with Crippen LogP contribution in [0.3, 0.4) is 0 Å². The summed E-state index contributed by atoms with van der Waals surface area (Å²) >= 11 is 0. The van der Waals surface area contributed by atoms with Gasteiger partial charge in [-0.1, -0.05) is 36.4 Å². The number of aliphatic hydroxyl groups excluding tert-OH is 4. The Morgan fingerprint density at radius 2 is 0.586 bits per heavy atom. The number of esters is 6. The van der Waals surface area contributed by atoms with Crippen LogP contribution >= 0.6 is 0 Å². The molecule has 10 atom stereocenters. The lowest BCUT2D eigenvalue weighted by molar-refractivity contribution is -0.207. The monoisotopic (exact) mass is 1570 g/mol. The van der Waals surface area contributed by atoms with Gasteiger partial charge in [-0.3, -0.25) is 0 Å². The molecule has 6 aromatic rings. The number of hydrogen-bond acceptors (Lipinski definition) is 32. The predicted molar refractivity (Wildman–Crippen MR) is 406 cm³/mol. The molecule has 0 aliphatic heterocycles. The summed E-state index contributed by atoms with van der Waals surface area (Å²) in [4.78, 5) is 109. The Morgan fingerprint density at radius 3 is 0.892 bits per heavy atom. The van der Waals surface area contributed by atoms with E-state index in [0.29, 0.717) is 38.9 Å². The Morgan fingerprint density at radius 1 is 0.324 bits per heavy atom. The molecule has 0 amide bonds. The summed E-state index contributed by atoms with van der Waals surface area (Å²) < 4.78 is 30.9. The summed E-state index contributed by atoms with van der Waals surface area (Å²) in [5.41, 5.74) is -4.48. The van der Waals surface area contributed by atoms with Crippen molar-refractivity contribution in [2.75, 3.05) is 0 Å². The second kappa shape index (κ2) is 36.9. The minimum atomic E-state index is -2.46. The fraction of sp³-hybridized carbons (Fsp3) is 0.250. The number of benzene rings is 6. The van der Waals surface area contributed by atoms with Gasteiger partial charge in [0.1, 0.15) is 30.2 Å². The molecule has 0 saturated heterocycles. The van der Waals surface area contributed by atoms with E-state index in [4.69, 9.17) is 28.4 Å². The summed E-state index contributed by atoms with van der Waals surface area (Å²) in [5, 5.41) is 195. The number of ether oxygens (including phenoxy) is 6. The molecule has 0 radical (unpaired) electrons. The van der Waals surface area contributed by atoms with E-state index in [-0.39, 0.29) is 53.0 Å². The highest BCUT2D eigenvalue weighted by Crippen LogP contribution is 2.39. The molecule has 3 saturated carbocycles. The maximum atomic E-state index is 12.4. The van der Waals surface area contributed by atoms with Crippen molar-refractivity contribution in [3.05, 3.63) is 185 Å². The molecule has 3 aliphatic carbocycles. The van der Waals surface area contributed by atoms with E-state index in [9.17, 15) is 145 Å². The van der Waals surface area contributed by atoms with E-state index in [2.05, 4.69) is 0 Å². The zero-order valence-electron chi connectivity index (χ0n) is 57.8. The van der Waals surface area contributed by atoms with E-state index < -0.39 is 193 Å². The number of carboxylic acids is 3. The average Bonchev–Trinajstić information content (AvgIpc) is 0.780. The van der Waals surface area contributed by atoms with Gasteiger partial charge in [0.2, 0.25) is 5.60 Å². The molecule has 20 N–H and O–H groups in total. The Labute approximate surface area is 645 Å². The summed E-state index contributed by atoms with van der Waals surface area (Å²) in [6.07, 6.45) is -5.29. The minimum Gasteiger partial charge on any atom is -0.508 e. The van der Waals surface area contributed by atoms with Crippen molar-refractivity contribution in [3.8, 4) is 63.2 Å². The van der Waals surface area contributed by atoms with Crippen molar-refractivity contribution >= 4 is 90.2 Å². The molecule has 0 spiro atoms. The molecule has 35 nitrogen and oxygen atoms in total. The number of aliphatic carboxylic acids is 3. The number of aryl methyl sites for hydroxylation is 1. The van der Waals surface area contributed by atoms with Gasteiger partial charge in [-0.15, -0.1) is 0 Å². The summed E-state index contributed by atoms with van der Waals surface area (Å²) in [6, 6.07) is 23.4. The lowest BCUT2D eigenvalue weighted by atomic mass is 9.79. The third-order valence-electron chi connectivity index (χ3n) is 17.0. The van der Waals surface area contributed by atoms with Crippen LogP contribution in [0.4, 0.5) is 0 Å². The van der Waals surface area contributed by atoms with Crippen LogP contribution in [0.1, 0.15) is 96.0 Å². The topological polar surface area (TPSA) is 614 Å². The van der Waals surface area contributed by atoms with Crippen molar-refractivity contribution in [1.29, 1.82) is 0 Å². The fourth-order valence-corrected chi connectivity index (χ4v) is 11.1. The van der Waals surface area contributed by atoms with Gasteiger partial charge in [0.25, 0.3) is 0 Å². The summed E-state index contributed by atoms with van der Waals surface area (Å²) in [7, 11) is 0. The van der Waals surface area contributed by atoms with Crippen LogP contribution < -0.4 is 0 Å². The van der Waals surface area contributed by atoms with Crippen LogP contribution in [0.2, 0.25) is 0 Å². The lowest BCUT2D eigenvalue weighted by Crippen LogP contribution is -2.58. The summed E-state index contributed by atoms with van der Waals surface area (Å²) in [5.74, 6) is -14.9. The highest BCUT2D eigenvalue weighted by atomic mass is 16.6. The number of phenols is 11. The molecule has 6 aromatic carbocycles. The Hall–Kier alpha value is -13.5. The number of aliphatic hydroxyl groups is 6. The van der Waals surface area contributed by atoms with Crippen LogP contribution in [-0.4, -0.2) is 228 Å². The van der Waals surface area contributed by atoms with E-state index in [1.54, 1.807) is 19.1 Å². The SMILES string of the molecule is Cc1cc(/C=C/C(=O)O[C@@H]2CC(O)(C(=O)O)C[C@@H](OC(=O)/C=C/c3ccc(O)c(O)c3)C2O)ccc1O.O=C(/C=C/c1ccc(O)c(O)c1)OC1[C@H](O)CC(OC(=O)/C=C/c2ccc(O)c(O)c2)(C(=O)O)C[C@H]1O.O=C(/C=C/c1ccc(O)c(O)c1)O[C@@H]1[C@H](O)C[C@@](O)(C(=O)O)C[C@H]1OC(=O)/C=C/c1ccc(O)c(O)c1.[HH].[HH].[HH].[HH].[HH].[HH].[HH].[HH].[HH].[HH].[HH].[HH].[HH]. The molecule has 0 bridgehead atoms. The molecular formula is C76H100O35. The van der Waals surface area contributed by atoms with Gasteiger partial charge in [-0.05, 0) is 155 Å². The Kier molecular flexibility index (Phi) is 28.2. The third-order valence-corrected chi connectivity index (χ3v) is 17.0. The number of phenolic OH excluding ortho intramolecular Hbond substituents is 11. The van der Waals surface area contributed by atoms with Crippen molar-refractivity contribution in [1.82, 2.24) is 0 Å². The van der Waals surface area contributed by atoms with Crippen molar-refractivity contribution in [3.63, 3.8) is 0 Å². The highest BCUT2D eigenvalue weighted by molar-refractivity contribution is 5.92. The predicted octanol–water partition coefficient (Wildman–Crippen LogP) is 6.89. The van der Waals surface area contributed by atoms with Crippen LogP contribution in [-0.2, 0) is 71.6 Å². The van der Waals surface area contributed by atoms with Gasteiger partial charge in [0.15, 0.2) is 80.9 Å². The Balaban J connectivity index is -0.000000315. The van der Waals surface area contributed by atoms with Gasteiger partial charge < -0.3 is 131 Å². The third kappa shape index (κ3) is 23.5. The first kappa shape index (κ1) is 84.8. The number of carbonyl (C=O) groups is 9. The molecule has 2 unspecified atom stereocenters. The van der Waals surface area contributed by atoms with E-state index >= 15 is 0 Å². The van der Waals surface area contributed by atoms with Crippen molar-refractivity contribution in [2.24, 2.45) is 0 Å². The van der Waals surface area contributed by atoms with Crippen LogP contribution in [0.15, 0.2) is 146 Å². The maximum absolute atomic E-state index is 12.4. The zero-order chi connectivity index (χ0) is 82.0. The molecule has 111 heavy (non-hydrogen) atoms. The molecule has 0 heterocycles. The smallest absolute Gasteiger partial charge is 0.348 e. The van der Waals surface area contributed by atoms with Crippen LogP contribution in [0, 0.1) is 6.92 Å². The summed E-state index contributed by atoms with van der Waals surface area (Å²) in [6.45, 7) is 1.67. The molecule has 3 fully saturated rings. The number of hydrogen-bond donors (Lipinski definition) is 20. The Bertz CT molecular complexity index is 4630. The molecule has 9 rings (SSSR count). The van der Waals surface area contributed by atoms with Gasteiger partial charge in [0, 0.05) is 93.5 Å². The number of rotatable bonds is 21. The first-order valence-electron chi connectivity index (χ1n) is 32.8. The number of aromatic hydroxyl groups is 11. The van der Waals surface area contributed by atoms with Crippen molar-refractivity contribution in [2.45, 2.75) is 117 Å². The van der Waals surface area contributed by atoms with E-state index in [1.807, 2.05) is 0 Å². The lowest BCUT2D eigenvalue weighted by Gasteiger charge is -2.41. The first-order valence-corrected chi connectivity index (χ1v) is 32.8. The second-order valence-electron chi connectivity index (χ2n) is 25.3. The van der Waals surface area contributed by atoms with E-state index in [1.165, 1.54) is 121 Å². The van der Waals surface area contributed by atoms with E-state index in [0.717, 1.165) is 48.6 Å². The molecular weight excluding hydrogens is 1470 g/mol. The normalized spacial score (nSPS) is 23.7. The van der Waals surface area contributed by atoms with Gasteiger partial charge >= 0.3 is 53.7 Å².